The Balaban J connectivity index is 1.79. The van der Waals surface area contributed by atoms with Crippen molar-refractivity contribution < 1.29 is 4.68 Å². The first kappa shape index (κ1) is 13.3. The van der Waals surface area contributed by atoms with Crippen molar-refractivity contribution in [3.8, 4) is 0 Å². The summed E-state index contributed by atoms with van der Waals surface area (Å²) in [7, 11) is 0. The van der Waals surface area contributed by atoms with Gasteiger partial charge in [0.25, 0.3) is 0 Å². The molecule has 2 aromatic rings. The topological polar surface area (TPSA) is 22.4 Å². The average Bonchev–Trinajstić information content (AvgIpc) is 2.96. The predicted octanol–water partition coefficient (Wildman–Crippen LogP) is 1.72. The van der Waals surface area contributed by atoms with Gasteiger partial charge in [0.15, 0.2) is 5.52 Å². The average molecular weight is 303 g/mol. The Hall–Kier alpha value is -1.33. The number of piperidine rings is 1. The van der Waals surface area contributed by atoms with Crippen LogP contribution in [0.25, 0.3) is 10.2 Å². The fourth-order valence-corrected chi connectivity index (χ4v) is 4.58. The fraction of sp³-hybridized carbons (Fsp3) is 0.562. The van der Waals surface area contributed by atoms with Gasteiger partial charge in [0.2, 0.25) is 0 Å². The maximum absolute atomic E-state index is 3.46. The Bertz CT molecular complexity index is 612. The van der Waals surface area contributed by atoms with E-state index in [1.807, 2.05) is 11.3 Å². The minimum Gasteiger partial charge on any atom is -0.309 e. The summed E-state index contributed by atoms with van der Waals surface area (Å²) in [6.07, 6.45) is 4.01. The van der Waals surface area contributed by atoms with Crippen molar-refractivity contribution in [2.45, 2.75) is 19.3 Å². The predicted molar refractivity (Wildman–Crippen MR) is 88.9 cm³/mol. The summed E-state index contributed by atoms with van der Waals surface area (Å²) in [6.45, 7) is 6.78. The van der Waals surface area contributed by atoms with Crippen molar-refractivity contribution in [3.63, 3.8) is 0 Å². The number of nitrogens with one attached hydrogen (secondary N) is 1. The van der Waals surface area contributed by atoms with Crippen molar-refractivity contribution in [3.05, 3.63) is 24.3 Å². The van der Waals surface area contributed by atoms with E-state index >= 15 is 0 Å². The first-order chi connectivity index (χ1) is 10.4. The van der Waals surface area contributed by atoms with Gasteiger partial charge in [0, 0.05) is 13.1 Å². The third kappa shape index (κ3) is 2.49. The Morgan fingerprint density at radius 3 is 2.52 bits per heavy atom. The number of hydrogen-bond donors (Lipinski definition) is 1. The van der Waals surface area contributed by atoms with Gasteiger partial charge >= 0.3 is 5.13 Å². The van der Waals surface area contributed by atoms with E-state index in [0.29, 0.717) is 0 Å². The lowest BCUT2D eigenvalue weighted by Crippen LogP contribution is -2.62. The van der Waals surface area contributed by atoms with E-state index in [-0.39, 0.29) is 0 Å². The third-order valence-electron chi connectivity index (χ3n) is 4.48. The number of piperazine rings is 1. The third-order valence-corrected chi connectivity index (χ3v) is 5.66. The zero-order chi connectivity index (χ0) is 14.1. The lowest BCUT2D eigenvalue weighted by Gasteiger charge is -2.29. The largest absolute Gasteiger partial charge is 0.360 e. The Morgan fingerprint density at radius 2 is 1.71 bits per heavy atom. The number of anilines is 1. The quantitative estimate of drug-likeness (QED) is 0.854. The van der Waals surface area contributed by atoms with Crippen LogP contribution < -0.4 is 19.9 Å². The monoisotopic (exact) mass is 303 g/mol. The molecule has 0 saturated carbocycles. The number of fused-ring (bicyclic) bond motifs is 1. The fourth-order valence-electron chi connectivity index (χ4n) is 3.37. The van der Waals surface area contributed by atoms with Gasteiger partial charge in [-0.2, -0.15) is 0 Å². The highest BCUT2D eigenvalue weighted by atomic mass is 32.1. The lowest BCUT2D eigenvalue weighted by molar-refractivity contribution is -0.653. The molecule has 0 radical (unpaired) electrons. The van der Waals surface area contributed by atoms with Gasteiger partial charge < -0.3 is 5.32 Å². The van der Waals surface area contributed by atoms with E-state index in [9.17, 15) is 0 Å². The maximum atomic E-state index is 3.46. The SMILES string of the molecule is c1ccc2c(c1)sc(N1CCNCC1)[n+]2N1CCCCC1. The number of hydrogen-bond acceptors (Lipinski definition) is 4. The zero-order valence-electron chi connectivity index (χ0n) is 12.4. The van der Waals surface area contributed by atoms with Crippen molar-refractivity contribution >= 4 is 26.7 Å². The minimum absolute atomic E-state index is 1.09. The molecule has 1 aromatic heterocycles. The Kier molecular flexibility index (Phi) is 3.69. The van der Waals surface area contributed by atoms with Crippen LogP contribution in [0, 0.1) is 0 Å². The number of thiazole rings is 1. The van der Waals surface area contributed by atoms with Crippen molar-refractivity contribution in [2.24, 2.45) is 0 Å². The minimum atomic E-state index is 1.09. The van der Waals surface area contributed by atoms with Gasteiger partial charge in [-0.3, -0.25) is 0 Å². The molecule has 4 nitrogen and oxygen atoms in total. The second kappa shape index (κ2) is 5.81. The molecule has 5 heteroatoms. The van der Waals surface area contributed by atoms with E-state index in [0.717, 1.165) is 26.2 Å². The van der Waals surface area contributed by atoms with Crippen LogP contribution in [0.3, 0.4) is 0 Å². The second-order valence-electron chi connectivity index (χ2n) is 5.92. The number of para-hydroxylation sites is 1. The van der Waals surface area contributed by atoms with Crippen LogP contribution in [0.2, 0.25) is 0 Å². The molecular formula is C16H23N4S+. The molecule has 0 aliphatic carbocycles. The van der Waals surface area contributed by atoms with Crippen molar-refractivity contribution in [2.75, 3.05) is 49.2 Å². The summed E-state index contributed by atoms with van der Waals surface area (Å²) in [5.41, 5.74) is 1.37. The van der Waals surface area contributed by atoms with Gasteiger partial charge in [0.1, 0.15) is 0 Å². The van der Waals surface area contributed by atoms with Gasteiger partial charge in [-0.05, 0) is 42.7 Å². The van der Waals surface area contributed by atoms with E-state index < -0.39 is 0 Å². The summed E-state index contributed by atoms with van der Waals surface area (Å²) in [5.74, 6) is 0. The van der Waals surface area contributed by atoms with Crippen LogP contribution in [0.15, 0.2) is 24.3 Å². The molecule has 2 aliphatic heterocycles. The van der Waals surface area contributed by atoms with Crippen LogP contribution in [0.4, 0.5) is 5.13 Å². The molecule has 2 aliphatic rings. The molecule has 0 amide bonds. The normalized spacial score (nSPS) is 20.2. The van der Waals surface area contributed by atoms with Crippen LogP contribution in [0.1, 0.15) is 19.3 Å². The summed E-state index contributed by atoms with van der Waals surface area (Å²) < 4.78 is 3.90. The van der Waals surface area contributed by atoms with Crippen LogP contribution in [-0.2, 0) is 0 Å². The van der Waals surface area contributed by atoms with E-state index in [2.05, 4.69) is 44.2 Å². The number of aromatic nitrogens is 1. The molecule has 1 aromatic carbocycles. The second-order valence-corrected chi connectivity index (χ2v) is 6.92. The summed E-state index contributed by atoms with van der Waals surface area (Å²) in [5, 5.41) is 7.43. The molecular weight excluding hydrogens is 280 g/mol. The molecule has 2 saturated heterocycles. The summed E-state index contributed by atoms with van der Waals surface area (Å²) in [4.78, 5) is 2.55. The molecule has 4 rings (SSSR count). The molecule has 1 N–H and O–H groups in total. The Morgan fingerprint density at radius 1 is 0.952 bits per heavy atom. The molecule has 112 valence electrons. The highest BCUT2D eigenvalue weighted by molar-refractivity contribution is 7.21. The smallest absolute Gasteiger partial charge is 0.309 e. The highest BCUT2D eigenvalue weighted by Gasteiger charge is 2.30. The summed E-state index contributed by atoms with van der Waals surface area (Å²) >= 11 is 1.94. The standard InChI is InChI=1S/C16H23N4S/c1-4-10-19(11-5-1)20-14-6-2-3-7-15(14)21-16(20)18-12-8-17-9-13-18/h2-3,6-7,17H,1,4-5,8-13H2/q+1. The molecule has 2 fully saturated rings. The van der Waals surface area contributed by atoms with Gasteiger partial charge in [-0.15, -0.1) is 4.68 Å². The van der Waals surface area contributed by atoms with E-state index in [1.54, 1.807) is 0 Å². The summed E-state index contributed by atoms with van der Waals surface area (Å²) in [6, 6.07) is 8.84. The highest BCUT2D eigenvalue weighted by Crippen LogP contribution is 2.27. The molecule has 0 atom stereocenters. The van der Waals surface area contributed by atoms with Crippen LogP contribution in [0.5, 0.6) is 0 Å². The molecule has 0 unspecified atom stereocenters. The maximum Gasteiger partial charge on any atom is 0.360 e. The number of rotatable bonds is 2. The van der Waals surface area contributed by atoms with E-state index in [4.69, 9.17) is 0 Å². The van der Waals surface area contributed by atoms with Crippen molar-refractivity contribution in [1.82, 2.24) is 5.32 Å². The number of benzene rings is 1. The molecule has 0 bridgehead atoms. The van der Waals surface area contributed by atoms with Gasteiger partial charge in [-0.1, -0.05) is 12.1 Å². The zero-order valence-corrected chi connectivity index (χ0v) is 13.2. The molecule has 21 heavy (non-hydrogen) atoms. The van der Waals surface area contributed by atoms with Gasteiger partial charge in [-0.25, -0.2) is 9.91 Å². The Labute approximate surface area is 129 Å². The van der Waals surface area contributed by atoms with Crippen LogP contribution >= 0.6 is 11.3 Å². The first-order valence-corrected chi connectivity index (χ1v) is 8.89. The van der Waals surface area contributed by atoms with Crippen molar-refractivity contribution in [1.29, 1.82) is 0 Å². The van der Waals surface area contributed by atoms with Crippen LogP contribution in [-0.4, -0.2) is 39.3 Å². The molecule has 3 heterocycles. The van der Waals surface area contributed by atoms with E-state index in [1.165, 1.54) is 47.7 Å². The number of nitrogens with zero attached hydrogens (tertiary/aromatic N) is 3. The van der Waals surface area contributed by atoms with Gasteiger partial charge in [0.05, 0.1) is 30.9 Å². The first-order valence-electron chi connectivity index (χ1n) is 8.08. The molecule has 0 spiro atoms. The lowest BCUT2D eigenvalue weighted by atomic mass is 10.2.